The minimum absolute atomic E-state index is 0.103. The molecule has 0 bridgehead atoms. The number of nitrogens with one attached hydrogen (secondary N) is 1. The molecule has 0 aliphatic carbocycles. The highest BCUT2D eigenvalue weighted by atomic mass is 16.2. The number of hydrogen-bond acceptors (Lipinski definition) is 3. The van der Waals surface area contributed by atoms with Crippen molar-refractivity contribution in [2.24, 2.45) is 11.8 Å². The molecule has 20 heavy (non-hydrogen) atoms. The molecule has 0 radical (unpaired) electrons. The molecular weight excluding hydrogens is 252 g/mol. The Balaban J connectivity index is 2.16. The Morgan fingerprint density at radius 2 is 1.75 bits per heavy atom. The van der Waals surface area contributed by atoms with Gasteiger partial charge in [-0.15, -0.1) is 0 Å². The molecule has 1 rings (SSSR count). The summed E-state index contributed by atoms with van der Waals surface area (Å²) < 4.78 is 0. The Labute approximate surface area is 123 Å². The van der Waals surface area contributed by atoms with Gasteiger partial charge in [-0.25, -0.2) is 0 Å². The summed E-state index contributed by atoms with van der Waals surface area (Å²) in [6.07, 6.45) is 3.24. The van der Waals surface area contributed by atoms with Crippen molar-refractivity contribution in [3.05, 3.63) is 0 Å². The van der Waals surface area contributed by atoms with E-state index in [1.165, 1.54) is 0 Å². The highest BCUT2D eigenvalue weighted by molar-refractivity contribution is 5.80. The van der Waals surface area contributed by atoms with E-state index in [2.05, 4.69) is 24.1 Å². The number of ketones is 1. The summed E-state index contributed by atoms with van der Waals surface area (Å²) in [5, 5.41) is 2.98. The van der Waals surface area contributed by atoms with Crippen LogP contribution in [-0.4, -0.2) is 42.3 Å². The predicted octanol–water partition coefficient (Wildman–Crippen LogP) is 2.23. The van der Waals surface area contributed by atoms with E-state index in [0.29, 0.717) is 19.0 Å². The third-order valence-electron chi connectivity index (χ3n) is 4.17. The van der Waals surface area contributed by atoms with Crippen molar-refractivity contribution >= 4 is 11.7 Å². The number of carbonyl (C=O) groups is 2. The molecule has 0 unspecified atom stereocenters. The lowest BCUT2D eigenvalue weighted by atomic mass is 9.95. The number of piperidine rings is 1. The van der Waals surface area contributed by atoms with E-state index in [0.717, 1.165) is 32.4 Å². The molecule has 0 atom stereocenters. The van der Waals surface area contributed by atoms with Crippen LogP contribution < -0.4 is 5.32 Å². The summed E-state index contributed by atoms with van der Waals surface area (Å²) in [4.78, 5) is 25.9. The normalized spacial score (nSPS) is 17.7. The Bertz CT molecular complexity index is 318. The summed E-state index contributed by atoms with van der Waals surface area (Å²) in [5.41, 5.74) is 0. The van der Waals surface area contributed by atoms with Crippen molar-refractivity contribution < 1.29 is 9.59 Å². The van der Waals surface area contributed by atoms with E-state index in [4.69, 9.17) is 0 Å². The number of rotatable bonds is 7. The highest BCUT2D eigenvalue weighted by Gasteiger charge is 2.25. The number of likely N-dealkylation sites (tertiary alicyclic amines) is 1. The molecular formula is C16H30N2O2. The summed E-state index contributed by atoms with van der Waals surface area (Å²) in [6.45, 7) is 10.9. The maximum absolute atomic E-state index is 12.0. The molecule has 1 saturated heterocycles. The molecule has 1 fully saturated rings. The fourth-order valence-corrected chi connectivity index (χ4v) is 2.59. The largest absolute Gasteiger partial charge is 0.356 e. The number of hydrogen-bond donors (Lipinski definition) is 1. The lowest BCUT2D eigenvalue weighted by Gasteiger charge is -2.33. The van der Waals surface area contributed by atoms with Crippen LogP contribution in [0.15, 0.2) is 0 Å². The van der Waals surface area contributed by atoms with Gasteiger partial charge in [-0.1, -0.05) is 13.8 Å². The molecule has 116 valence electrons. The second kappa shape index (κ2) is 8.40. The van der Waals surface area contributed by atoms with Crippen LogP contribution in [0.25, 0.3) is 0 Å². The minimum Gasteiger partial charge on any atom is -0.356 e. The van der Waals surface area contributed by atoms with Gasteiger partial charge in [0.25, 0.3) is 0 Å². The molecule has 1 heterocycles. The first-order valence-electron chi connectivity index (χ1n) is 7.96. The first-order valence-corrected chi connectivity index (χ1v) is 7.96. The van der Waals surface area contributed by atoms with Gasteiger partial charge in [0, 0.05) is 30.8 Å². The van der Waals surface area contributed by atoms with E-state index in [1.807, 2.05) is 13.8 Å². The Kier molecular flexibility index (Phi) is 7.20. The maximum atomic E-state index is 12.0. The van der Waals surface area contributed by atoms with Crippen molar-refractivity contribution in [3.63, 3.8) is 0 Å². The molecule has 0 aromatic carbocycles. The maximum Gasteiger partial charge on any atom is 0.223 e. The van der Waals surface area contributed by atoms with E-state index in [9.17, 15) is 9.59 Å². The molecule has 1 aliphatic heterocycles. The van der Waals surface area contributed by atoms with Crippen LogP contribution >= 0.6 is 0 Å². The second-order valence-electron chi connectivity index (χ2n) is 6.42. The molecule has 0 aromatic heterocycles. The van der Waals surface area contributed by atoms with Gasteiger partial charge in [-0.2, -0.15) is 0 Å². The Morgan fingerprint density at radius 3 is 2.25 bits per heavy atom. The average molecular weight is 282 g/mol. The van der Waals surface area contributed by atoms with Crippen LogP contribution in [0, 0.1) is 11.8 Å². The quantitative estimate of drug-likeness (QED) is 0.729. The average Bonchev–Trinajstić information content (AvgIpc) is 2.43. The lowest BCUT2D eigenvalue weighted by molar-refractivity contribution is -0.127. The monoisotopic (exact) mass is 282 g/mol. The standard InChI is InChI=1S/C16H30N2O2/c1-12(2)15(19)6-5-9-17-16(20)14-7-10-18(11-8-14)13(3)4/h12-14H,5-11H2,1-4H3,(H,17,20). The molecule has 1 aliphatic rings. The fourth-order valence-electron chi connectivity index (χ4n) is 2.59. The van der Waals surface area contributed by atoms with Gasteiger partial charge in [-0.3, -0.25) is 9.59 Å². The SMILES string of the molecule is CC(C)C(=O)CCCNC(=O)C1CCN(C(C)C)CC1. The first-order chi connectivity index (χ1) is 9.41. The third-order valence-corrected chi connectivity index (χ3v) is 4.17. The summed E-state index contributed by atoms with van der Waals surface area (Å²) >= 11 is 0. The van der Waals surface area contributed by atoms with Gasteiger partial charge in [0.05, 0.1) is 0 Å². The second-order valence-corrected chi connectivity index (χ2v) is 6.42. The van der Waals surface area contributed by atoms with E-state index in [-0.39, 0.29) is 23.5 Å². The number of nitrogens with zero attached hydrogens (tertiary/aromatic N) is 1. The van der Waals surface area contributed by atoms with Gasteiger partial charge in [0.1, 0.15) is 5.78 Å². The van der Waals surface area contributed by atoms with E-state index < -0.39 is 0 Å². The van der Waals surface area contributed by atoms with Crippen LogP contribution in [0.5, 0.6) is 0 Å². The molecule has 0 saturated carbocycles. The number of Topliss-reactive ketones (excluding diaryl/α,β-unsaturated/α-hetero) is 1. The summed E-state index contributed by atoms with van der Waals surface area (Å²) in [7, 11) is 0. The zero-order valence-electron chi connectivity index (χ0n) is 13.4. The summed E-state index contributed by atoms with van der Waals surface area (Å²) in [6, 6.07) is 0.570. The van der Waals surface area contributed by atoms with Crippen molar-refractivity contribution in [2.75, 3.05) is 19.6 Å². The molecule has 1 N–H and O–H groups in total. The van der Waals surface area contributed by atoms with Crippen molar-refractivity contribution in [3.8, 4) is 0 Å². The highest BCUT2D eigenvalue weighted by Crippen LogP contribution is 2.18. The Hall–Kier alpha value is -0.900. The molecule has 0 aromatic rings. The van der Waals surface area contributed by atoms with Gasteiger partial charge in [0.2, 0.25) is 5.91 Å². The van der Waals surface area contributed by atoms with Crippen molar-refractivity contribution in [1.82, 2.24) is 10.2 Å². The van der Waals surface area contributed by atoms with Gasteiger partial charge in [-0.05, 0) is 46.2 Å². The third kappa shape index (κ3) is 5.61. The lowest BCUT2D eigenvalue weighted by Crippen LogP contribution is -2.43. The predicted molar refractivity (Wildman–Crippen MR) is 81.5 cm³/mol. The van der Waals surface area contributed by atoms with Crippen LogP contribution in [0.2, 0.25) is 0 Å². The van der Waals surface area contributed by atoms with Crippen LogP contribution in [0.4, 0.5) is 0 Å². The Morgan fingerprint density at radius 1 is 1.15 bits per heavy atom. The molecule has 4 heteroatoms. The van der Waals surface area contributed by atoms with Gasteiger partial charge < -0.3 is 10.2 Å². The molecule has 0 spiro atoms. The molecule has 1 amide bonds. The van der Waals surface area contributed by atoms with Crippen molar-refractivity contribution in [1.29, 1.82) is 0 Å². The van der Waals surface area contributed by atoms with Gasteiger partial charge in [0.15, 0.2) is 0 Å². The number of carbonyl (C=O) groups excluding carboxylic acids is 2. The fraction of sp³-hybridized carbons (Fsp3) is 0.875. The molecule has 4 nitrogen and oxygen atoms in total. The smallest absolute Gasteiger partial charge is 0.223 e. The van der Waals surface area contributed by atoms with Crippen LogP contribution in [0.3, 0.4) is 0 Å². The number of amides is 1. The zero-order chi connectivity index (χ0) is 15.1. The zero-order valence-corrected chi connectivity index (χ0v) is 13.4. The minimum atomic E-state index is 0.103. The van der Waals surface area contributed by atoms with E-state index >= 15 is 0 Å². The summed E-state index contributed by atoms with van der Waals surface area (Å²) in [5.74, 6) is 0.715. The van der Waals surface area contributed by atoms with Crippen molar-refractivity contribution in [2.45, 2.75) is 59.4 Å². The van der Waals surface area contributed by atoms with Gasteiger partial charge >= 0.3 is 0 Å². The van der Waals surface area contributed by atoms with Crippen LogP contribution in [0.1, 0.15) is 53.4 Å². The first kappa shape index (κ1) is 17.2. The van der Waals surface area contributed by atoms with E-state index in [1.54, 1.807) is 0 Å². The topological polar surface area (TPSA) is 49.4 Å². The van der Waals surface area contributed by atoms with Crippen LogP contribution in [-0.2, 0) is 9.59 Å².